The van der Waals surface area contributed by atoms with Gasteiger partial charge in [0, 0.05) is 17.2 Å². The summed E-state index contributed by atoms with van der Waals surface area (Å²) in [7, 11) is 1.65. The van der Waals surface area contributed by atoms with Crippen molar-refractivity contribution >= 4 is 0 Å². The van der Waals surface area contributed by atoms with Gasteiger partial charge in [0.15, 0.2) is 11.5 Å². The van der Waals surface area contributed by atoms with Crippen LogP contribution in [0, 0.1) is 0 Å². The smallest absolute Gasteiger partial charge is 0.165 e. The molecular weight excluding hydrogens is 206 g/mol. The zero-order valence-electron chi connectivity index (χ0n) is 9.29. The van der Waals surface area contributed by atoms with Crippen LogP contribution in [-0.2, 0) is 5.54 Å². The molecule has 3 rings (SSSR count). The summed E-state index contributed by atoms with van der Waals surface area (Å²) in [5.74, 6) is 2.32. The van der Waals surface area contributed by atoms with E-state index < -0.39 is 0 Å². The predicted octanol–water partition coefficient (Wildman–Crippen LogP) is 1.41. The van der Waals surface area contributed by atoms with Crippen molar-refractivity contribution in [2.24, 2.45) is 5.73 Å². The van der Waals surface area contributed by atoms with E-state index in [1.54, 1.807) is 7.11 Å². The first-order valence-electron chi connectivity index (χ1n) is 5.50. The molecule has 86 valence electrons. The van der Waals surface area contributed by atoms with Gasteiger partial charge in [-0.25, -0.2) is 0 Å². The lowest BCUT2D eigenvalue weighted by atomic mass is 10.0. The minimum atomic E-state index is -0.221. The van der Waals surface area contributed by atoms with Gasteiger partial charge in [-0.1, -0.05) is 0 Å². The van der Waals surface area contributed by atoms with Gasteiger partial charge in [-0.05, 0) is 18.9 Å². The molecule has 0 bridgehead atoms. The van der Waals surface area contributed by atoms with Crippen molar-refractivity contribution < 1.29 is 14.2 Å². The number of rotatable bonds is 2. The molecule has 0 amide bonds. The van der Waals surface area contributed by atoms with E-state index in [9.17, 15) is 0 Å². The zero-order valence-corrected chi connectivity index (χ0v) is 9.29. The molecule has 16 heavy (non-hydrogen) atoms. The van der Waals surface area contributed by atoms with Crippen molar-refractivity contribution in [2.45, 2.75) is 18.4 Å². The molecule has 1 aliphatic carbocycles. The highest BCUT2D eigenvalue weighted by molar-refractivity contribution is 5.54. The standard InChI is InChI=1S/C12H15NO3/c1-14-9-7-11-10(15-4-5-16-11)6-8(9)12(13)2-3-12/h6-7H,2-5,13H2,1H3. The summed E-state index contributed by atoms with van der Waals surface area (Å²) in [6.07, 6.45) is 2.01. The summed E-state index contributed by atoms with van der Waals surface area (Å²) in [4.78, 5) is 0. The van der Waals surface area contributed by atoms with Gasteiger partial charge in [0.2, 0.25) is 0 Å². The highest BCUT2D eigenvalue weighted by Gasteiger charge is 2.43. The zero-order chi connectivity index (χ0) is 11.2. The van der Waals surface area contributed by atoms with Gasteiger partial charge in [-0.2, -0.15) is 0 Å². The number of fused-ring (bicyclic) bond motifs is 1. The van der Waals surface area contributed by atoms with E-state index in [-0.39, 0.29) is 5.54 Å². The molecule has 1 aliphatic heterocycles. The fraction of sp³-hybridized carbons (Fsp3) is 0.500. The number of methoxy groups -OCH3 is 1. The molecule has 0 radical (unpaired) electrons. The van der Waals surface area contributed by atoms with Gasteiger partial charge >= 0.3 is 0 Å². The minimum absolute atomic E-state index is 0.221. The third kappa shape index (κ3) is 1.41. The predicted molar refractivity (Wildman–Crippen MR) is 59.1 cm³/mol. The van der Waals surface area contributed by atoms with Crippen molar-refractivity contribution in [3.8, 4) is 17.2 Å². The summed E-state index contributed by atoms with van der Waals surface area (Å²) in [5.41, 5.74) is 7.01. The number of nitrogens with two attached hydrogens (primary N) is 1. The number of hydrogen-bond acceptors (Lipinski definition) is 4. The van der Waals surface area contributed by atoms with E-state index in [4.69, 9.17) is 19.9 Å². The fourth-order valence-corrected chi connectivity index (χ4v) is 2.03. The van der Waals surface area contributed by atoms with E-state index in [2.05, 4.69) is 0 Å². The minimum Gasteiger partial charge on any atom is -0.496 e. The van der Waals surface area contributed by atoms with E-state index >= 15 is 0 Å². The first kappa shape index (κ1) is 9.78. The lowest BCUT2D eigenvalue weighted by Gasteiger charge is -2.22. The molecule has 0 aromatic heterocycles. The van der Waals surface area contributed by atoms with E-state index in [0.717, 1.165) is 35.7 Å². The molecule has 1 heterocycles. The Morgan fingerprint density at radius 3 is 2.38 bits per heavy atom. The number of hydrogen-bond donors (Lipinski definition) is 1. The molecule has 1 saturated carbocycles. The summed E-state index contributed by atoms with van der Waals surface area (Å²) in [5, 5.41) is 0. The molecule has 2 aliphatic rings. The maximum Gasteiger partial charge on any atom is 0.165 e. The Morgan fingerprint density at radius 2 is 1.81 bits per heavy atom. The average Bonchev–Trinajstić information content (AvgIpc) is 3.07. The van der Waals surface area contributed by atoms with Crippen LogP contribution in [0.15, 0.2) is 12.1 Å². The van der Waals surface area contributed by atoms with E-state index in [0.29, 0.717) is 13.2 Å². The van der Waals surface area contributed by atoms with Crippen molar-refractivity contribution in [3.05, 3.63) is 17.7 Å². The van der Waals surface area contributed by atoms with Gasteiger partial charge in [-0.3, -0.25) is 0 Å². The monoisotopic (exact) mass is 221 g/mol. The highest BCUT2D eigenvalue weighted by atomic mass is 16.6. The van der Waals surface area contributed by atoms with Crippen LogP contribution >= 0.6 is 0 Å². The highest BCUT2D eigenvalue weighted by Crippen LogP contribution is 2.49. The topological polar surface area (TPSA) is 53.7 Å². The Kier molecular flexibility index (Phi) is 2.01. The molecule has 4 nitrogen and oxygen atoms in total. The Morgan fingerprint density at radius 1 is 1.19 bits per heavy atom. The summed E-state index contributed by atoms with van der Waals surface area (Å²) < 4.78 is 16.4. The van der Waals surface area contributed by atoms with Crippen LogP contribution < -0.4 is 19.9 Å². The Labute approximate surface area is 94.3 Å². The molecule has 2 N–H and O–H groups in total. The molecule has 4 heteroatoms. The van der Waals surface area contributed by atoms with Crippen molar-refractivity contribution in [3.63, 3.8) is 0 Å². The van der Waals surface area contributed by atoms with Gasteiger partial charge in [0.1, 0.15) is 19.0 Å². The Bertz CT molecular complexity index is 427. The molecule has 1 aromatic rings. The van der Waals surface area contributed by atoms with Crippen LogP contribution in [0.5, 0.6) is 17.2 Å². The molecule has 0 spiro atoms. The third-order valence-electron chi connectivity index (χ3n) is 3.19. The molecule has 1 aromatic carbocycles. The number of benzene rings is 1. The van der Waals surface area contributed by atoms with Gasteiger partial charge < -0.3 is 19.9 Å². The molecule has 0 saturated heterocycles. The first-order chi connectivity index (χ1) is 7.73. The largest absolute Gasteiger partial charge is 0.496 e. The van der Waals surface area contributed by atoms with Gasteiger partial charge in [0.05, 0.1) is 7.11 Å². The Balaban J connectivity index is 2.09. The normalized spacial score (nSPS) is 20.4. The molecular formula is C12H15NO3. The lowest BCUT2D eigenvalue weighted by molar-refractivity contribution is 0.170. The molecule has 0 unspecified atom stereocenters. The lowest BCUT2D eigenvalue weighted by Crippen LogP contribution is -2.21. The van der Waals surface area contributed by atoms with Gasteiger partial charge in [-0.15, -0.1) is 0 Å². The summed E-state index contributed by atoms with van der Waals surface area (Å²) in [6, 6.07) is 3.83. The van der Waals surface area contributed by atoms with E-state index in [1.165, 1.54) is 0 Å². The Hall–Kier alpha value is -1.42. The van der Waals surface area contributed by atoms with Crippen LogP contribution in [0.1, 0.15) is 18.4 Å². The van der Waals surface area contributed by atoms with Crippen LogP contribution in [-0.4, -0.2) is 20.3 Å². The first-order valence-corrected chi connectivity index (χ1v) is 5.50. The SMILES string of the molecule is COc1cc2c(cc1C1(N)CC1)OCCO2. The van der Waals surface area contributed by atoms with Crippen molar-refractivity contribution in [1.82, 2.24) is 0 Å². The maximum atomic E-state index is 6.20. The quantitative estimate of drug-likeness (QED) is 0.820. The second-order valence-corrected chi connectivity index (χ2v) is 4.35. The molecule has 1 fully saturated rings. The van der Waals surface area contributed by atoms with Crippen LogP contribution in [0.2, 0.25) is 0 Å². The maximum absolute atomic E-state index is 6.20. The van der Waals surface area contributed by atoms with E-state index in [1.807, 2.05) is 12.1 Å². The van der Waals surface area contributed by atoms with Crippen LogP contribution in [0.4, 0.5) is 0 Å². The van der Waals surface area contributed by atoms with Crippen LogP contribution in [0.25, 0.3) is 0 Å². The van der Waals surface area contributed by atoms with Crippen molar-refractivity contribution in [1.29, 1.82) is 0 Å². The van der Waals surface area contributed by atoms with Gasteiger partial charge in [0.25, 0.3) is 0 Å². The van der Waals surface area contributed by atoms with Crippen molar-refractivity contribution in [2.75, 3.05) is 20.3 Å². The second-order valence-electron chi connectivity index (χ2n) is 4.35. The fourth-order valence-electron chi connectivity index (χ4n) is 2.03. The second kappa shape index (κ2) is 3.28. The van der Waals surface area contributed by atoms with Crippen LogP contribution in [0.3, 0.4) is 0 Å². The molecule has 0 atom stereocenters. The summed E-state index contributed by atoms with van der Waals surface area (Å²) >= 11 is 0. The summed E-state index contributed by atoms with van der Waals surface area (Å²) in [6.45, 7) is 1.18. The number of ether oxygens (including phenoxy) is 3. The average molecular weight is 221 g/mol. The third-order valence-corrected chi connectivity index (χ3v) is 3.19.